The van der Waals surface area contributed by atoms with Gasteiger partial charge in [0.15, 0.2) is 0 Å². The highest BCUT2D eigenvalue weighted by Gasteiger charge is 2.35. The third kappa shape index (κ3) is 1.77. The predicted molar refractivity (Wildman–Crippen MR) is 52.6 cm³/mol. The Morgan fingerprint density at radius 3 is 2.93 bits per heavy atom. The van der Waals surface area contributed by atoms with Gasteiger partial charge in [-0.05, 0) is 19.3 Å². The highest BCUT2D eigenvalue weighted by Crippen LogP contribution is 2.29. The summed E-state index contributed by atoms with van der Waals surface area (Å²) in [7, 11) is 0. The summed E-state index contributed by atoms with van der Waals surface area (Å²) in [4.78, 5) is 13.5. The van der Waals surface area contributed by atoms with Gasteiger partial charge in [0.05, 0.1) is 12.6 Å². The first-order valence-electron chi connectivity index (χ1n) is 5.30. The molecule has 2 aliphatic heterocycles. The zero-order valence-corrected chi connectivity index (χ0v) is 8.61. The van der Waals surface area contributed by atoms with Crippen molar-refractivity contribution in [2.24, 2.45) is 17.6 Å². The zero-order valence-electron chi connectivity index (χ0n) is 8.61. The molecule has 1 amide bonds. The molecule has 80 valence electrons. The van der Waals surface area contributed by atoms with Gasteiger partial charge in [0.25, 0.3) is 0 Å². The Morgan fingerprint density at radius 1 is 1.50 bits per heavy atom. The maximum Gasteiger partial charge on any atom is 0.239 e. The molecule has 4 nitrogen and oxygen atoms in total. The molecule has 0 aromatic rings. The van der Waals surface area contributed by atoms with E-state index in [0.29, 0.717) is 11.8 Å². The molecule has 0 bridgehead atoms. The predicted octanol–water partition coefficient (Wildman–Crippen LogP) is -0.171. The summed E-state index contributed by atoms with van der Waals surface area (Å²) in [6, 6.07) is -0.367. The smallest absolute Gasteiger partial charge is 0.239 e. The van der Waals surface area contributed by atoms with Gasteiger partial charge >= 0.3 is 0 Å². The van der Waals surface area contributed by atoms with Crippen molar-refractivity contribution in [1.82, 2.24) is 4.90 Å². The van der Waals surface area contributed by atoms with Gasteiger partial charge in [-0.2, -0.15) is 0 Å². The first kappa shape index (κ1) is 9.93. The summed E-state index contributed by atoms with van der Waals surface area (Å²) in [6.45, 7) is 5.13. The molecule has 0 aromatic carbocycles. The fraction of sp³-hybridized carbons (Fsp3) is 0.900. The normalized spacial score (nSPS) is 34.0. The number of rotatable bonds is 1. The van der Waals surface area contributed by atoms with Crippen LogP contribution in [0, 0.1) is 11.8 Å². The number of fused-ring (bicyclic) bond motifs is 1. The first-order chi connectivity index (χ1) is 6.68. The second-order valence-electron chi connectivity index (χ2n) is 4.42. The number of nitrogens with two attached hydrogens (primary N) is 1. The Morgan fingerprint density at radius 2 is 2.21 bits per heavy atom. The van der Waals surface area contributed by atoms with Crippen LogP contribution in [0.4, 0.5) is 0 Å². The van der Waals surface area contributed by atoms with Crippen molar-refractivity contribution in [3.05, 3.63) is 0 Å². The summed E-state index contributed by atoms with van der Waals surface area (Å²) in [6.07, 6.45) is 1.07. The lowest BCUT2D eigenvalue weighted by Gasteiger charge is -2.34. The molecule has 0 spiro atoms. The van der Waals surface area contributed by atoms with Gasteiger partial charge in [0.2, 0.25) is 5.91 Å². The lowest BCUT2D eigenvalue weighted by atomic mass is 9.88. The largest absolute Gasteiger partial charge is 0.381 e. The summed E-state index contributed by atoms with van der Waals surface area (Å²) in [5.74, 6) is 1.30. The zero-order chi connectivity index (χ0) is 10.1. The summed E-state index contributed by atoms with van der Waals surface area (Å²) in [5.41, 5.74) is 5.58. The van der Waals surface area contributed by atoms with E-state index in [1.54, 1.807) is 6.92 Å². The van der Waals surface area contributed by atoms with Crippen molar-refractivity contribution in [3.63, 3.8) is 0 Å². The molecular formula is C10H18N2O2. The number of hydrogen-bond donors (Lipinski definition) is 1. The topological polar surface area (TPSA) is 55.6 Å². The second kappa shape index (κ2) is 3.87. The third-order valence-electron chi connectivity index (χ3n) is 3.26. The van der Waals surface area contributed by atoms with Gasteiger partial charge in [-0.15, -0.1) is 0 Å². The summed E-state index contributed by atoms with van der Waals surface area (Å²) < 4.78 is 5.41. The molecular weight excluding hydrogens is 180 g/mol. The third-order valence-corrected chi connectivity index (χ3v) is 3.26. The van der Waals surface area contributed by atoms with Crippen LogP contribution < -0.4 is 5.73 Å². The molecule has 2 aliphatic rings. The molecule has 2 N–H and O–H groups in total. The average Bonchev–Trinajstić information content (AvgIpc) is 2.62. The summed E-state index contributed by atoms with van der Waals surface area (Å²) >= 11 is 0. The number of carbonyl (C=O) groups excluding carboxylic acids is 1. The number of nitrogens with zero attached hydrogens (tertiary/aromatic N) is 1. The van der Waals surface area contributed by atoms with Crippen LogP contribution in [0.2, 0.25) is 0 Å². The van der Waals surface area contributed by atoms with Crippen LogP contribution in [-0.2, 0) is 9.53 Å². The van der Waals surface area contributed by atoms with Crippen molar-refractivity contribution >= 4 is 5.91 Å². The minimum atomic E-state index is -0.367. The van der Waals surface area contributed by atoms with Crippen LogP contribution in [-0.4, -0.2) is 43.2 Å². The van der Waals surface area contributed by atoms with Gasteiger partial charge in [0, 0.05) is 25.6 Å². The SMILES string of the molecule is C[C@H](N)C(=O)N1CC[C@H]2COC[C@H]2C1. The Hall–Kier alpha value is -0.610. The number of carbonyl (C=O) groups is 1. The van der Waals surface area contributed by atoms with Crippen LogP contribution in [0.25, 0.3) is 0 Å². The second-order valence-corrected chi connectivity index (χ2v) is 4.42. The Kier molecular flexibility index (Phi) is 2.74. The summed E-state index contributed by atoms with van der Waals surface area (Å²) in [5, 5.41) is 0. The Bertz CT molecular complexity index is 230. The maximum absolute atomic E-state index is 11.6. The van der Waals surface area contributed by atoms with Gasteiger partial charge in [-0.25, -0.2) is 0 Å². The molecule has 2 rings (SSSR count). The number of hydrogen-bond acceptors (Lipinski definition) is 3. The molecule has 3 atom stereocenters. The first-order valence-corrected chi connectivity index (χ1v) is 5.30. The number of amides is 1. The number of ether oxygens (including phenoxy) is 1. The van der Waals surface area contributed by atoms with Crippen molar-refractivity contribution in [3.8, 4) is 0 Å². The quantitative estimate of drug-likeness (QED) is 0.636. The van der Waals surface area contributed by atoms with Gasteiger partial charge in [-0.1, -0.05) is 0 Å². The van der Waals surface area contributed by atoms with Crippen LogP contribution in [0.1, 0.15) is 13.3 Å². The van der Waals surface area contributed by atoms with Crippen LogP contribution in [0.15, 0.2) is 0 Å². The van der Waals surface area contributed by atoms with Crippen LogP contribution >= 0.6 is 0 Å². The van der Waals surface area contributed by atoms with Gasteiger partial charge in [-0.3, -0.25) is 4.79 Å². The van der Waals surface area contributed by atoms with E-state index in [1.165, 1.54) is 0 Å². The Balaban J connectivity index is 1.94. The fourth-order valence-corrected chi connectivity index (χ4v) is 2.35. The van der Waals surface area contributed by atoms with E-state index in [1.807, 2.05) is 4.90 Å². The molecule has 4 heteroatoms. The van der Waals surface area contributed by atoms with E-state index >= 15 is 0 Å². The molecule has 14 heavy (non-hydrogen) atoms. The molecule has 2 fully saturated rings. The fourth-order valence-electron chi connectivity index (χ4n) is 2.35. The molecule has 0 aliphatic carbocycles. The Labute approximate surface area is 84.4 Å². The van der Waals surface area contributed by atoms with Crippen LogP contribution in [0.5, 0.6) is 0 Å². The van der Waals surface area contributed by atoms with E-state index in [2.05, 4.69) is 0 Å². The van der Waals surface area contributed by atoms with E-state index in [-0.39, 0.29) is 11.9 Å². The highest BCUT2D eigenvalue weighted by molar-refractivity contribution is 5.81. The minimum absolute atomic E-state index is 0.0790. The lowest BCUT2D eigenvalue weighted by Crippen LogP contribution is -2.48. The number of piperidine rings is 1. The average molecular weight is 198 g/mol. The maximum atomic E-state index is 11.6. The lowest BCUT2D eigenvalue weighted by molar-refractivity contribution is -0.134. The molecule has 0 saturated carbocycles. The van der Waals surface area contributed by atoms with E-state index in [0.717, 1.165) is 32.7 Å². The molecule has 0 radical (unpaired) electrons. The van der Waals surface area contributed by atoms with Crippen molar-refractivity contribution in [1.29, 1.82) is 0 Å². The molecule has 2 saturated heterocycles. The molecule has 0 aromatic heterocycles. The minimum Gasteiger partial charge on any atom is -0.381 e. The van der Waals surface area contributed by atoms with E-state index < -0.39 is 0 Å². The van der Waals surface area contributed by atoms with Crippen molar-refractivity contribution in [2.75, 3.05) is 26.3 Å². The van der Waals surface area contributed by atoms with Crippen molar-refractivity contribution < 1.29 is 9.53 Å². The molecule has 0 unspecified atom stereocenters. The highest BCUT2D eigenvalue weighted by atomic mass is 16.5. The van der Waals surface area contributed by atoms with Crippen molar-refractivity contribution in [2.45, 2.75) is 19.4 Å². The number of likely N-dealkylation sites (tertiary alicyclic amines) is 1. The van der Waals surface area contributed by atoms with E-state index in [4.69, 9.17) is 10.5 Å². The van der Waals surface area contributed by atoms with Gasteiger partial charge in [0.1, 0.15) is 0 Å². The van der Waals surface area contributed by atoms with Crippen LogP contribution in [0.3, 0.4) is 0 Å². The standard InChI is InChI=1S/C10H18N2O2/c1-7(11)10(13)12-3-2-8-5-14-6-9(8)4-12/h7-9H,2-6,11H2,1H3/t7-,8-,9+/m0/s1. The monoisotopic (exact) mass is 198 g/mol. The van der Waals surface area contributed by atoms with E-state index in [9.17, 15) is 4.79 Å². The molecule has 2 heterocycles. The van der Waals surface area contributed by atoms with Gasteiger partial charge < -0.3 is 15.4 Å².